The van der Waals surface area contributed by atoms with Crippen molar-refractivity contribution in [1.82, 2.24) is 9.62 Å². The Kier molecular flexibility index (Phi) is 7.18. The molecule has 8 nitrogen and oxygen atoms in total. The van der Waals surface area contributed by atoms with Crippen LogP contribution in [0.3, 0.4) is 0 Å². The molecule has 1 aliphatic rings. The summed E-state index contributed by atoms with van der Waals surface area (Å²) in [5.41, 5.74) is 1.64. The fourth-order valence-corrected chi connectivity index (χ4v) is 4.92. The topological polar surface area (TPSA) is 105 Å². The molecule has 182 valence electrons. The van der Waals surface area contributed by atoms with E-state index < -0.39 is 15.9 Å². The molecule has 0 atom stereocenters. The molecule has 2 N–H and O–H groups in total. The molecule has 1 saturated carbocycles. The third-order valence-electron chi connectivity index (χ3n) is 5.69. The number of anilines is 1. The van der Waals surface area contributed by atoms with E-state index in [0.29, 0.717) is 11.3 Å². The fourth-order valence-electron chi connectivity index (χ4n) is 3.59. The number of carbonyl (C=O) groups excluding carboxylic acids is 2. The Balaban J connectivity index is 1.59. The smallest absolute Gasteiger partial charge is 0.255 e. The van der Waals surface area contributed by atoms with Crippen LogP contribution < -0.4 is 15.4 Å². The number of methoxy groups -OCH3 is 1. The Hall–Kier alpha value is -3.69. The number of benzene rings is 3. The normalized spacial score (nSPS) is 13.3. The molecule has 3 aromatic carbocycles. The second-order valence-electron chi connectivity index (χ2n) is 8.36. The highest BCUT2D eigenvalue weighted by molar-refractivity contribution is 7.89. The first-order valence-electron chi connectivity index (χ1n) is 11.2. The standard InChI is InChI=1S/C26H27N3O5S/c1-29(17-18-8-4-3-5-9-18)35(32,33)24-16-19(12-15-23(24)34-2)25(30)28-22-11-7-6-10-21(22)26(31)27-20-13-14-20/h3-12,15-16,20H,13-14,17H2,1-2H3,(H,27,31)(H,28,30). The predicted molar refractivity (Wildman–Crippen MR) is 133 cm³/mol. The number of sulfonamides is 1. The van der Waals surface area contributed by atoms with Crippen LogP contribution in [-0.4, -0.2) is 44.7 Å². The van der Waals surface area contributed by atoms with Gasteiger partial charge < -0.3 is 15.4 Å². The molecule has 0 bridgehead atoms. The van der Waals surface area contributed by atoms with Crippen LogP contribution in [0.4, 0.5) is 5.69 Å². The number of ether oxygens (including phenoxy) is 1. The van der Waals surface area contributed by atoms with Crippen LogP contribution in [0.2, 0.25) is 0 Å². The molecular weight excluding hydrogens is 466 g/mol. The van der Waals surface area contributed by atoms with Crippen molar-refractivity contribution in [3.05, 3.63) is 89.5 Å². The summed E-state index contributed by atoms with van der Waals surface area (Å²) in [7, 11) is -1.12. The van der Waals surface area contributed by atoms with Crippen LogP contribution in [-0.2, 0) is 16.6 Å². The van der Waals surface area contributed by atoms with Crippen LogP contribution in [0.15, 0.2) is 77.7 Å². The molecule has 1 fully saturated rings. The molecule has 0 saturated heterocycles. The number of carbonyl (C=O) groups is 2. The van der Waals surface area contributed by atoms with Gasteiger partial charge in [0.2, 0.25) is 10.0 Å². The minimum atomic E-state index is -3.97. The lowest BCUT2D eigenvalue weighted by Crippen LogP contribution is -2.28. The minimum absolute atomic E-state index is 0.120. The van der Waals surface area contributed by atoms with E-state index in [1.165, 1.54) is 36.7 Å². The second-order valence-corrected chi connectivity index (χ2v) is 10.4. The first-order valence-corrected chi connectivity index (χ1v) is 12.6. The lowest BCUT2D eigenvalue weighted by molar-refractivity contribution is 0.0952. The lowest BCUT2D eigenvalue weighted by atomic mass is 10.1. The van der Waals surface area contributed by atoms with Gasteiger partial charge in [0.25, 0.3) is 11.8 Å². The Labute approximate surface area is 205 Å². The molecule has 0 heterocycles. The van der Waals surface area contributed by atoms with Crippen LogP contribution in [0.1, 0.15) is 39.1 Å². The first kappa shape index (κ1) is 24.4. The predicted octanol–water partition coefficient (Wildman–Crippen LogP) is 3.66. The van der Waals surface area contributed by atoms with E-state index in [9.17, 15) is 18.0 Å². The maximum Gasteiger partial charge on any atom is 0.255 e. The number of nitrogens with one attached hydrogen (secondary N) is 2. The van der Waals surface area contributed by atoms with Crippen molar-refractivity contribution in [1.29, 1.82) is 0 Å². The van der Waals surface area contributed by atoms with E-state index in [-0.39, 0.29) is 34.7 Å². The molecular formula is C26H27N3O5S. The quantitative estimate of drug-likeness (QED) is 0.473. The number of nitrogens with zero attached hydrogens (tertiary/aromatic N) is 1. The average molecular weight is 494 g/mol. The van der Waals surface area contributed by atoms with Crippen molar-refractivity contribution in [2.24, 2.45) is 0 Å². The maximum atomic E-state index is 13.4. The van der Waals surface area contributed by atoms with Crippen molar-refractivity contribution >= 4 is 27.5 Å². The molecule has 0 aliphatic heterocycles. The number of para-hydroxylation sites is 1. The zero-order valence-corrected chi connectivity index (χ0v) is 20.3. The summed E-state index contributed by atoms with van der Waals surface area (Å²) in [5, 5.41) is 5.65. The highest BCUT2D eigenvalue weighted by atomic mass is 32.2. The van der Waals surface area contributed by atoms with Crippen molar-refractivity contribution in [3.8, 4) is 5.75 Å². The van der Waals surface area contributed by atoms with Gasteiger partial charge in [-0.2, -0.15) is 4.31 Å². The Morgan fingerprint density at radius 2 is 1.66 bits per heavy atom. The van der Waals surface area contributed by atoms with Crippen molar-refractivity contribution in [3.63, 3.8) is 0 Å². The summed E-state index contributed by atoms with van der Waals surface area (Å²) in [5.74, 6) is -0.670. The summed E-state index contributed by atoms with van der Waals surface area (Å²) >= 11 is 0. The van der Waals surface area contributed by atoms with Gasteiger partial charge in [0.15, 0.2) is 0 Å². The Morgan fingerprint density at radius 3 is 2.34 bits per heavy atom. The number of hydrogen-bond donors (Lipinski definition) is 2. The number of hydrogen-bond acceptors (Lipinski definition) is 5. The van der Waals surface area contributed by atoms with Gasteiger partial charge in [-0.05, 0) is 48.7 Å². The van der Waals surface area contributed by atoms with Gasteiger partial charge in [0, 0.05) is 25.2 Å². The zero-order valence-electron chi connectivity index (χ0n) is 19.5. The summed E-state index contributed by atoms with van der Waals surface area (Å²) in [6.07, 6.45) is 1.89. The molecule has 3 aromatic rings. The number of rotatable bonds is 9. The SMILES string of the molecule is COc1ccc(C(=O)Nc2ccccc2C(=O)NC2CC2)cc1S(=O)(=O)N(C)Cc1ccccc1. The van der Waals surface area contributed by atoms with Gasteiger partial charge in [-0.15, -0.1) is 0 Å². The minimum Gasteiger partial charge on any atom is -0.495 e. The average Bonchev–Trinajstić information content (AvgIpc) is 3.68. The van der Waals surface area contributed by atoms with E-state index in [1.54, 1.807) is 24.3 Å². The molecule has 35 heavy (non-hydrogen) atoms. The number of amides is 2. The molecule has 0 unspecified atom stereocenters. The van der Waals surface area contributed by atoms with Gasteiger partial charge in [0.1, 0.15) is 10.6 Å². The van der Waals surface area contributed by atoms with Crippen LogP contribution >= 0.6 is 0 Å². The third kappa shape index (κ3) is 5.70. The summed E-state index contributed by atoms with van der Waals surface area (Å²) in [6, 6.07) is 20.3. The highest BCUT2D eigenvalue weighted by Crippen LogP contribution is 2.29. The largest absolute Gasteiger partial charge is 0.495 e. The van der Waals surface area contributed by atoms with E-state index in [4.69, 9.17) is 4.74 Å². The lowest BCUT2D eigenvalue weighted by Gasteiger charge is -2.19. The van der Waals surface area contributed by atoms with Crippen LogP contribution in [0.25, 0.3) is 0 Å². The summed E-state index contributed by atoms with van der Waals surface area (Å²) in [4.78, 5) is 25.5. The van der Waals surface area contributed by atoms with E-state index in [0.717, 1.165) is 18.4 Å². The molecule has 0 spiro atoms. The van der Waals surface area contributed by atoms with Crippen molar-refractivity contribution in [2.75, 3.05) is 19.5 Å². The molecule has 0 radical (unpaired) electrons. The van der Waals surface area contributed by atoms with E-state index in [2.05, 4.69) is 10.6 Å². The summed E-state index contributed by atoms with van der Waals surface area (Å²) < 4.78 is 33.2. The Bertz CT molecular complexity index is 1340. The fraction of sp³-hybridized carbons (Fsp3) is 0.231. The summed E-state index contributed by atoms with van der Waals surface area (Å²) in [6.45, 7) is 0.159. The van der Waals surface area contributed by atoms with Gasteiger partial charge in [-0.25, -0.2) is 8.42 Å². The van der Waals surface area contributed by atoms with Gasteiger partial charge in [0.05, 0.1) is 18.4 Å². The van der Waals surface area contributed by atoms with Gasteiger partial charge in [-0.1, -0.05) is 42.5 Å². The molecule has 1 aliphatic carbocycles. The van der Waals surface area contributed by atoms with Gasteiger partial charge >= 0.3 is 0 Å². The van der Waals surface area contributed by atoms with Crippen molar-refractivity contribution < 1.29 is 22.7 Å². The Morgan fingerprint density at radius 1 is 0.971 bits per heavy atom. The monoisotopic (exact) mass is 493 g/mol. The molecule has 0 aromatic heterocycles. The zero-order chi connectivity index (χ0) is 25.0. The highest BCUT2D eigenvalue weighted by Gasteiger charge is 2.27. The van der Waals surface area contributed by atoms with Crippen molar-refractivity contribution in [2.45, 2.75) is 30.3 Å². The van der Waals surface area contributed by atoms with E-state index >= 15 is 0 Å². The second kappa shape index (κ2) is 10.3. The maximum absolute atomic E-state index is 13.4. The third-order valence-corrected chi connectivity index (χ3v) is 7.52. The molecule has 4 rings (SSSR count). The molecule has 2 amide bonds. The van der Waals surface area contributed by atoms with Gasteiger partial charge in [-0.3, -0.25) is 9.59 Å². The first-order chi connectivity index (χ1) is 16.8. The molecule has 9 heteroatoms. The van der Waals surface area contributed by atoms with Crippen LogP contribution in [0, 0.1) is 0 Å². The van der Waals surface area contributed by atoms with Crippen LogP contribution in [0.5, 0.6) is 5.75 Å². The van der Waals surface area contributed by atoms with E-state index in [1.807, 2.05) is 30.3 Å².